The van der Waals surface area contributed by atoms with Crippen molar-refractivity contribution in [1.29, 1.82) is 0 Å². The number of hydrogen-bond donors (Lipinski definition) is 2. The van der Waals surface area contributed by atoms with Gasteiger partial charge in [0.2, 0.25) is 0 Å². The molecule has 0 aliphatic rings. The van der Waals surface area contributed by atoms with Crippen LogP contribution in [-0.4, -0.2) is 20.4 Å². The second-order valence-electron chi connectivity index (χ2n) is 4.57. The average molecular weight is 370 g/mol. The van der Waals surface area contributed by atoms with Crippen LogP contribution in [-0.2, 0) is 16.6 Å². The van der Waals surface area contributed by atoms with Crippen molar-refractivity contribution in [2.45, 2.75) is 18.4 Å². The van der Waals surface area contributed by atoms with Crippen molar-refractivity contribution in [2.24, 2.45) is 0 Å². The molecule has 0 saturated heterocycles. The van der Waals surface area contributed by atoms with E-state index < -0.39 is 10.0 Å². The van der Waals surface area contributed by atoms with Gasteiger partial charge >= 0.3 is 0 Å². The molecule has 1 aromatic carbocycles. The molecule has 2 N–H and O–H groups in total. The molecule has 0 aliphatic carbocycles. The Morgan fingerprint density at radius 2 is 2.05 bits per heavy atom. The first-order valence-corrected chi connectivity index (χ1v) is 8.59. The van der Waals surface area contributed by atoms with Gasteiger partial charge in [-0.2, -0.15) is 0 Å². The third-order valence-corrected chi connectivity index (χ3v) is 5.03. The average Bonchev–Trinajstić information content (AvgIpc) is 2.43. The zero-order valence-electron chi connectivity index (χ0n) is 11.7. The highest BCUT2D eigenvalue weighted by atomic mass is 79.9. The van der Waals surface area contributed by atoms with Gasteiger partial charge in [0.05, 0.1) is 9.37 Å². The van der Waals surface area contributed by atoms with E-state index in [0.29, 0.717) is 16.6 Å². The maximum atomic E-state index is 12.5. The first-order valence-electron chi connectivity index (χ1n) is 6.31. The molecule has 0 bridgehead atoms. The van der Waals surface area contributed by atoms with Crippen molar-refractivity contribution in [3.05, 3.63) is 52.1 Å². The third kappa shape index (κ3) is 3.81. The van der Waals surface area contributed by atoms with E-state index in [2.05, 4.69) is 31.0 Å². The molecule has 21 heavy (non-hydrogen) atoms. The first kappa shape index (κ1) is 15.9. The highest BCUT2D eigenvalue weighted by molar-refractivity contribution is 9.10. The summed E-state index contributed by atoms with van der Waals surface area (Å²) in [4.78, 5) is 4.29. The van der Waals surface area contributed by atoms with Crippen LogP contribution in [0.15, 0.2) is 45.9 Å². The number of pyridine rings is 1. The molecule has 0 saturated carbocycles. The van der Waals surface area contributed by atoms with Crippen LogP contribution in [0.25, 0.3) is 0 Å². The fraction of sp³-hybridized carbons (Fsp3) is 0.214. The Morgan fingerprint density at radius 3 is 2.71 bits per heavy atom. The van der Waals surface area contributed by atoms with E-state index in [0.717, 1.165) is 5.56 Å². The molecule has 0 amide bonds. The van der Waals surface area contributed by atoms with E-state index >= 15 is 0 Å². The lowest BCUT2D eigenvalue weighted by Crippen LogP contribution is -2.16. The molecule has 0 atom stereocenters. The van der Waals surface area contributed by atoms with Gasteiger partial charge in [-0.05, 0) is 59.2 Å². The molecule has 0 spiro atoms. The van der Waals surface area contributed by atoms with Crippen LogP contribution >= 0.6 is 15.9 Å². The van der Waals surface area contributed by atoms with Crippen LogP contribution < -0.4 is 10.0 Å². The number of rotatable bonds is 5. The molecule has 0 fully saturated rings. The number of benzene rings is 1. The Hall–Kier alpha value is -1.44. The first-order chi connectivity index (χ1) is 9.94. The Labute approximate surface area is 133 Å². The van der Waals surface area contributed by atoms with Gasteiger partial charge in [-0.3, -0.25) is 4.72 Å². The van der Waals surface area contributed by atoms with Crippen molar-refractivity contribution >= 4 is 31.8 Å². The summed E-state index contributed by atoms with van der Waals surface area (Å²) in [5.74, 6) is 0.274. The number of aryl methyl sites for hydroxylation is 1. The topological polar surface area (TPSA) is 71.1 Å². The van der Waals surface area contributed by atoms with E-state index in [1.165, 1.54) is 6.20 Å². The Balaban J connectivity index is 2.40. The molecule has 0 radical (unpaired) electrons. The number of aromatic nitrogens is 1. The molecule has 1 aromatic heterocycles. The molecule has 7 heteroatoms. The van der Waals surface area contributed by atoms with E-state index in [1.54, 1.807) is 31.2 Å². The van der Waals surface area contributed by atoms with Crippen molar-refractivity contribution in [3.8, 4) is 0 Å². The van der Waals surface area contributed by atoms with Gasteiger partial charge < -0.3 is 5.32 Å². The molecule has 5 nitrogen and oxygen atoms in total. The number of halogens is 1. The summed E-state index contributed by atoms with van der Waals surface area (Å²) in [6.07, 6.45) is 1.53. The van der Waals surface area contributed by atoms with Gasteiger partial charge in [0.15, 0.2) is 5.82 Å². The Morgan fingerprint density at radius 1 is 1.29 bits per heavy atom. The summed E-state index contributed by atoms with van der Waals surface area (Å²) in [6, 6.07) is 8.83. The van der Waals surface area contributed by atoms with E-state index in [1.807, 2.05) is 13.1 Å². The molecular weight excluding hydrogens is 354 g/mol. The fourth-order valence-corrected chi connectivity index (χ4v) is 3.70. The lowest BCUT2D eigenvalue weighted by Gasteiger charge is -2.12. The fourth-order valence-electron chi connectivity index (χ4n) is 1.89. The van der Waals surface area contributed by atoms with E-state index in [-0.39, 0.29) is 10.7 Å². The van der Waals surface area contributed by atoms with E-state index in [4.69, 9.17) is 0 Å². The zero-order valence-corrected chi connectivity index (χ0v) is 14.1. The number of nitrogens with one attached hydrogen (secondary N) is 2. The van der Waals surface area contributed by atoms with Gasteiger partial charge in [0, 0.05) is 12.7 Å². The van der Waals surface area contributed by atoms with Gasteiger partial charge in [0.25, 0.3) is 10.0 Å². The SMILES string of the molecule is CNCc1ccc(C)c(S(=O)(=O)Nc2ncccc2Br)c1. The number of sulfonamides is 1. The summed E-state index contributed by atoms with van der Waals surface area (Å²) < 4.78 is 28.2. The van der Waals surface area contributed by atoms with Gasteiger partial charge in [-0.1, -0.05) is 12.1 Å². The van der Waals surface area contributed by atoms with Crippen LogP contribution in [0.1, 0.15) is 11.1 Å². The molecule has 2 rings (SSSR count). The second kappa shape index (κ2) is 6.55. The van der Waals surface area contributed by atoms with Crippen LogP contribution in [0.4, 0.5) is 5.82 Å². The highest BCUT2D eigenvalue weighted by Gasteiger charge is 2.19. The molecular formula is C14H16BrN3O2S. The maximum Gasteiger partial charge on any atom is 0.263 e. The molecule has 112 valence electrons. The third-order valence-electron chi connectivity index (χ3n) is 2.91. The Kier molecular flexibility index (Phi) is 4.97. The quantitative estimate of drug-likeness (QED) is 0.849. The van der Waals surface area contributed by atoms with Gasteiger partial charge in [-0.25, -0.2) is 13.4 Å². The van der Waals surface area contributed by atoms with Crippen molar-refractivity contribution in [3.63, 3.8) is 0 Å². The van der Waals surface area contributed by atoms with Crippen LogP contribution in [0, 0.1) is 6.92 Å². The Bertz CT molecular complexity index is 748. The minimum atomic E-state index is -3.68. The van der Waals surface area contributed by atoms with Crippen molar-refractivity contribution in [1.82, 2.24) is 10.3 Å². The van der Waals surface area contributed by atoms with Crippen LogP contribution in [0.2, 0.25) is 0 Å². The second-order valence-corrected chi connectivity index (χ2v) is 7.07. The van der Waals surface area contributed by atoms with Crippen molar-refractivity contribution in [2.75, 3.05) is 11.8 Å². The zero-order chi connectivity index (χ0) is 15.5. The number of anilines is 1. The van der Waals surface area contributed by atoms with Crippen molar-refractivity contribution < 1.29 is 8.42 Å². The summed E-state index contributed by atoms with van der Waals surface area (Å²) in [5, 5.41) is 3.01. The predicted octanol–water partition coefficient (Wildman–Crippen LogP) is 2.67. The number of hydrogen-bond acceptors (Lipinski definition) is 4. The van der Waals surface area contributed by atoms with Crippen LogP contribution in [0.5, 0.6) is 0 Å². The smallest absolute Gasteiger partial charge is 0.263 e. The standard InChI is InChI=1S/C14H16BrN3O2S/c1-10-5-6-11(9-16-2)8-13(10)21(19,20)18-14-12(15)4-3-7-17-14/h3-8,16H,9H2,1-2H3,(H,17,18). The lowest BCUT2D eigenvalue weighted by molar-refractivity contribution is 0.600. The lowest BCUT2D eigenvalue weighted by atomic mass is 10.1. The molecule has 1 heterocycles. The normalized spacial score (nSPS) is 11.4. The largest absolute Gasteiger partial charge is 0.316 e. The van der Waals surface area contributed by atoms with Gasteiger partial charge in [-0.15, -0.1) is 0 Å². The minimum Gasteiger partial charge on any atom is -0.316 e. The summed E-state index contributed by atoms with van der Waals surface area (Å²) in [5.41, 5.74) is 1.60. The summed E-state index contributed by atoms with van der Waals surface area (Å²) in [7, 11) is -1.86. The summed E-state index contributed by atoms with van der Waals surface area (Å²) in [6.45, 7) is 2.38. The van der Waals surface area contributed by atoms with Gasteiger partial charge in [0.1, 0.15) is 0 Å². The summed E-state index contributed by atoms with van der Waals surface area (Å²) >= 11 is 3.28. The predicted molar refractivity (Wildman–Crippen MR) is 86.7 cm³/mol. The van der Waals surface area contributed by atoms with Crippen LogP contribution in [0.3, 0.4) is 0 Å². The molecule has 0 unspecified atom stereocenters. The number of nitrogens with zero attached hydrogens (tertiary/aromatic N) is 1. The maximum absolute atomic E-state index is 12.5. The molecule has 2 aromatic rings. The highest BCUT2D eigenvalue weighted by Crippen LogP contribution is 2.24. The molecule has 0 aliphatic heterocycles. The minimum absolute atomic E-state index is 0.257. The van der Waals surface area contributed by atoms with E-state index in [9.17, 15) is 8.42 Å². The monoisotopic (exact) mass is 369 g/mol.